The second kappa shape index (κ2) is 40.1. The molecule has 5 heterocycles. The fourth-order valence-corrected chi connectivity index (χ4v) is 16.2. The third-order valence-electron chi connectivity index (χ3n) is 23.0. The first kappa shape index (κ1) is 84.3. The molecule has 0 aliphatic carbocycles. The standard InChI is InChI=1S/C31H24N2.C28H28N2O.C28H28N2.C27H26N2O/c1-2-33-30-16-10-9-15-26(30)27-19-24(17-18-31(27)33)25-20-28(22-11-5-3-6-12-22)32-29(21-25)23-13-7-4-8-14-23;1-4-30(5-2)24-16-14-21(15-17-24)23-18-26(22-12-10-20(3)11-13-22)29-27(19-23)25-8-6-7-9-28(25)31;1-4-30(5-2)26-17-15-22(16-18-26)25-19-27(23-9-7-6-8-10-23)29-28(20-25)24-13-11-21(3)12-14-24;1-3-29(4-2)23-16-14-20(15-17-23)22-18-25(21-10-6-5-7-11-21)28-26(19-22)24-12-8-9-13-27(24)30/h3-21H,2H2,1H3;6-19,31H,4-5H2,1-3H3;6-20H,4-5H2,1-3H3;5-19,30H,3-4H2,1-2H3. The van der Waals surface area contributed by atoms with E-state index >= 15 is 0 Å². The number of fused-ring (bicyclic) bond motifs is 3. The summed E-state index contributed by atoms with van der Waals surface area (Å²) in [5, 5.41) is 23.4. The molecule has 0 saturated heterocycles. The van der Waals surface area contributed by atoms with E-state index in [0.717, 1.165) is 158 Å². The summed E-state index contributed by atoms with van der Waals surface area (Å²) in [6, 6.07) is 132. The summed E-state index contributed by atoms with van der Waals surface area (Å²) in [4.78, 5) is 26.8. The van der Waals surface area contributed by atoms with E-state index in [0.29, 0.717) is 0 Å². The first-order valence-electron chi connectivity index (χ1n) is 43.4. The maximum absolute atomic E-state index is 10.4. The van der Waals surface area contributed by atoms with Crippen molar-refractivity contribution in [3.63, 3.8) is 0 Å². The lowest BCUT2D eigenvalue weighted by Gasteiger charge is -2.21. The van der Waals surface area contributed by atoms with Gasteiger partial charge in [0.25, 0.3) is 0 Å². The number of anilines is 3. The molecule has 0 radical (unpaired) electrons. The summed E-state index contributed by atoms with van der Waals surface area (Å²) in [5.74, 6) is 0.469. The van der Waals surface area contributed by atoms with Crippen molar-refractivity contribution in [2.24, 2.45) is 0 Å². The van der Waals surface area contributed by atoms with Crippen molar-refractivity contribution in [3.05, 3.63) is 393 Å². The molecule has 5 aromatic heterocycles. The lowest BCUT2D eigenvalue weighted by molar-refractivity contribution is 0.476. The molecule has 0 fully saturated rings. The van der Waals surface area contributed by atoms with Crippen LogP contribution in [0.4, 0.5) is 17.1 Å². The molecule has 0 aliphatic heterocycles. The van der Waals surface area contributed by atoms with Crippen LogP contribution >= 0.6 is 0 Å². The lowest BCUT2D eigenvalue weighted by atomic mass is 9.98. The molecule has 124 heavy (non-hydrogen) atoms. The SMILES string of the molecule is CCN(CC)c1ccc(-c2cc(-c3ccc(C)cc3)nc(-c3ccccc3O)c2)cc1.CCN(CC)c1ccc(-c2cc(-c3ccccc3)nc(-c3ccc(C)cc3)c2)cc1.CCN(CC)c1ccc(-c2cc(-c3ccccc3)nc(-c3ccccc3O)c2)cc1.CCn1c2ccccc2c2cc(-c3cc(-c4ccccc4)nc(-c4ccccc4)c3)ccc21. The molecule has 0 unspecified atom stereocenters. The Kier molecular flexibility index (Phi) is 27.3. The summed E-state index contributed by atoms with van der Waals surface area (Å²) in [6.07, 6.45) is 0. The minimum Gasteiger partial charge on any atom is -0.507 e. The van der Waals surface area contributed by atoms with Crippen LogP contribution in [0.2, 0.25) is 0 Å². The molecule has 614 valence electrons. The monoisotopic (exact) mass is 1620 g/mol. The highest BCUT2D eigenvalue weighted by Gasteiger charge is 2.19. The predicted molar refractivity (Wildman–Crippen MR) is 524 cm³/mol. The molecular formula is C114H106N8O2. The van der Waals surface area contributed by atoms with Crippen LogP contribution in [0.25, 0.3) is 156 Å². The number of nitrogens with zero attached hydrogens (tertiary/aromatic N) is 8. The average molecular weight is 1620 g/mol. The topological polar surface area (TPSA) is 107 Å². The average Bonchev–Trinajstić information content (AvgIpc) is 1.60. The second-order valence-corrected chi connectivity index (χ2v) is 30.9. The van der Waals surface area contributed by atoms with Crippen molar-refractivity contribution >= 4 is 38.9 Å². The van der Waals surface area contributed by atoms with E-state index in [4.69, 9.17) is 19.9 Å². The predicted octanol–water partition coefficient (Wildman–Crippen LogP) is 29.0. The molecule has 0 saturated carbocycles. The van der Waals surface area contributed by atoms with Gasteiger partial charge in [-0.2, -0.15) is 0 Å². The number of phenolic OH excluding ortho intramolecular Hbond substituents is 2. The molecule has 10 nitrogen and oxygen atoms in total. The third kappa shape index (κ3) is 19.8. The molecule has 0 spiro atoms. The van der Waals surface area contributed by atoms with Crippen molar-refractivity contribution in [2.45, 2.75) is 68.9 Å². The quantitative estimate of drug-likeness (QED) is 0.0686. The summed E-state index contributed by atoms with van der Waals surface area (Å²) in [5.41, 5.74) is 33.3. The minimum atomic E-state index is 0.234. The van der Waals surface area contributed by atoms with E-state index in [2.05, 4.69) is 373 Å². The Hall–Kier alpha value is -14.7. The van der Waals surface area contributed by atoms with Gasteiger partial charge in [-0.3, -0.25) is 0 Å². The first-order valence-corrected chi connectivity index (χ1v) is 43.4. The van der Waals surface area contributed by atoms with E-state index < -0.39 is 0 Å². The summed E-state index contributed by atoms with van der Waals surface area (Å²) in [7, 11) is 0. The number of aromatic hydroxyl groups is 2. The second-order valence-electron chi connectivity index (χ2n) is 30.9. The summed E-state index contributed by atoms with van der Waals surface area (Å²) >= 11 is 0. The van der Waals surface area contributed by atoms with Gasteiger partial charge in [0.2, 0.25) is 0 Å². The van der Waals surface area contributed by atoms with Gasteiger partial charge in [-0.15, -0.1) is 0 Å². The van der Waals surface area contributed by atoms with Crippen LogP contribution in [-0.4, -0.2) is 74.0 Å². The highest BCUT2D eigenvalue weighted by atomic mass is 16.3. The van der Waals surface area contributed by atoms with Gasteiger partial charge < -0.3 is 29.5 Å². The molecule has 0 atom stereocenters. The molecule has 18 aromatic rings. The van der Waals surface area contributed by atoms with Gasteiger partial charge in [0.05, 0.1) is 45.6 Å². The van der Waals surface area contributed by atoms with Gasteiger partial charge in [-0.25, -0.2) is 19.9 Å². The Morgan fingerprint density at radius 2 is 0.468 bits per heavy atom. The molecule has 18 rings (SSSR count). The number of hydrogen-bond donors (Lipinski definition) is 2. The number of pyridine rings is 4. The first-order chi connectivity index (χ1) is 60.8. The van der Waals surface area contributed by atoms with Crippen LogP contribution in [0.5, 0.6) is 11.5 Å². The summed E-state index contributed by atoms with van der Waals surface area (Å²) in [6.45, 7) is 26.4. The van der Waals surface area contributed by atoms with Gasteiger partial charge in [-0.05, 0) is 234 Å². The van der Waals surface area contributed by atoms with E-state index in [1.165, 1.54) is 72.2 Å². The number of aryl methyl sites for hydroxylation is 3. The molecular weight excluding hydrogens is 1510 g/mol. The molecule has 0 bridgehead atoms. The highest BCUT2D eigenvalue weighted by molar-refractivity contribution is 6.09. The Labute approximate surface area is 731 Å². The Bertz CT molecular complexity index is 6490. The number of phenols is 2. The van der Waals surface area contributed by atoms with Crippen molar-refractivity contribution in [1.29, 1.82) is 0 Å². The molecule has 10 heteroatoms. The molecule has 13 aromatic carbocycles. The fraction of sp³-hybridized carbons (Fsp3) is 0.140. The van der Waals surface area contributed by atoms with Crippen LogP contribution < -0.4 is 14.7 Å². The van der Waals surface area contributed by atoms with Crippen LogP contribution in [0.15, 0.2) is 382 Å². The fourth-order valence-electron chi connectivity index (χ4n) is 16.2. The molecule has 2 N–H and O–H groups in total. The van der Waals surface area contributed by atoms with Gasteiger partial charge in [0, 0.05) is 129 Å². The number of para-hydroxylation sites is 3. The Morgan fingerprint density at radius 1 is 0.218 bits per heavy atom. The Morgan fingerprint density at radius 3 is 0.782 bits per heavy atom. The Balaban J connectivity index is 0.000000128. The van der Waals surface area contributed by atoms with E-state index in [1.54, 1.807) is 12.1 Å². The lowest BCUT2D eigenvalue weighted by Crippen LogP contribution is -2.21. The van der Waals surface area contributed by atoms with Gasteiger partial charge in [-0.1, -0.05) is 266 Å². The number of benzene rings is 13. The van der Waals surface area contributed by atoms with E-state index in [1.807, 2.05) is 78.9 Å². The number of rotatable bonds is 22. The zero-order valence-electron chi connectivity index (χ0n) is 72.3. The van der Waals surface area contributed by atoms with Gasteiger partial charge >= 0.3 is 0 Å². The zero-order valence-corrected chi connectivity index (χ0v) is 72.3. The van der Waals surface area contributed by atoms with Crippen molar-refractivity contribution < 1.29 is 10.2 Å². The van der Waals surface area contributed by atoms with Crippen molar-refractivity contribution in [2.75, 3.05) is 54.0 Å². The van der Waals surface area contributed by atoms with Crippen molar-refractivity contribution in [3.8, 4) is 146 Å². The van der Waals surface area contributed by atoms with E-state index in [-0.39, 0.29) is 11.5 Å². The highest BCUT2D eigenvalue weighted by Crippen LogP contribution is 2.41. The minimum absolute atomic E-state index is 0.234. The number of aromatic nitrogens is 5. The maximum atomic E-state index is 10.4. The zero-order chi connectivity index (χ0) is 85.8. The normalized spacial score (nSPS) is 10.9. The van der Waals surface area contributed by atoms with Crippen LogP contribution in [-0.2, 0) is 6.54 Å². The summed E-state index contributed by atoms with van der Waals surface area (Å²) < 4.78 is 2.39. The van der Waals surface area contributed by atoms with Crippen LogP contribution in [0.1, 0.15) is 59.6 Å². The third-order valence-corrected chi connectivity index (χ3v) is 23.0. The van der Waals surface area contributed by atoms with Crippen molar-refractivity contribution in [1.82, 2.24) is 24.5 Å². The molecule has 0 aliphatic rings. The molecule has 0 amide bonds. The van der Waals surface area contributed by atoms with Crippen LogP contribution in [0.3, 0.4) is 0 Å². The smallest absolute Gasteiger partial charge is 0.124 e. The van der Waals surface area contributed by atoms with Gasteiger partial charge in [0.1, 0.15) is 11.5 Å². The van der Waals surface area contributed by atoms with E-state index in [9.17, 15) is 10.2 Å². The number of hydrogen-bond acceptors (Lipinski definition) is 9. The van der Waals surface area contributed by atoms with Gasteiger partial charge in [0.15, 0.2) is 0 Å². The maximum Gasteiger partial charge on any atom is 0.124 e. The largest absolute Gasteiger partial charge is 0.507 e. The van der Waals surface area contributed by atoms with Crippen LogP contribution in [0, 0.1) is 13.8 Å².